The zero-order valence-corrected chi connectivity index (χ0v) is 7.78. The first-order valence-corrected chi connectivity index (χ1v) is 3.92. The number of anilines is 1. The summed E-state index contributed by atoms with van der Waals surface area (Å²) in [5, 5.41) is 10.7. The number of amides is 1. The van der Waals surface area contributed by atoms with Gasteiger partial charge in [-0.1, -0.05) is 0 Å². The summed E-state index contributed by atoms with van der Waals surface area (Å²) in [5.74, 6) is -1.94. The normalized spacial score (nSPS) is 9.47. The van der Waals surface area contributed by atoms with Gasteiger partial charge in [-0.05, 0) is 18.2 Å². The molecule has 0 spiro atoms. The third-order valence-corrected chi connectivity index (χ3v) is 1.64. The number of methoxy groups -OCH3 is 1. The second kappa shape index (κ2) is 4.41. The molecule has 0 fully saturated rings. The number of halogens is 1. The van der Waals surface area contributed by atoms with Gasteiger partial charge in [-0.15, -0.1) is 0 Å². The number of carbonyl (C=O) groups excluding carboxylic acids is 1. The van der Waals surface area contributed by atoms with Crippen molar-refractivity contribution in [2.24, 2.45) is 0 Å². The number of hydrogen-bond donors (Lipinski definition) is 2. The van der Waals surface area contributed by atoms with Gasteiger partial charge in [-0.2, -0.15) is 0 Å². The van der Waals surface area contributed by atoms with Gasteiger partial charge in [-0.25, -0.2) is 14.0 Å². The topological polar surface area (TPSA) is 75.6 Å². The maximum atomic E-state index is 13.1. The minimum Gasteiger partial charge on any atom is -0.478 e. The molecule has 0 radical (unpaired) electrons. The molecule has 0 saturated heterocycles. The Kier molecular flexibility index (Phi) is 3.22. The Hall–Kier alpha value is -2.11. The van der Waals surface area contributed by atoms with Gasteiger partial charge in [0.05, 0.1) is 18.4 Å². The van der Waals surface area contributed by atoms with E-state index >= 15 is 0 Å². The molecule has 0 aliphatic heterocycles. The van der Waals surface area contributed by atoms with Gasteiger partial charge in [0.25, 0.3) is 0 Å². The average molecular weight is 213 g/mol. The van der Waals surface area contributed by atoms with Crippen molar-refractivity contribution in [3.8, 4) is 0 Å². The fraction of sp³-hybridized carbons (Fsp3) is 0.111. The number of carboxylic acid groups (broad SMARTS) is 1. The van der Waals surface area contributed by atoms with E-state index in [1.807, 2.05) is 0 Å². The molecule has 15 heavy (non-hydrogen) atoms. The number of benzene rings is 1. The summed E-state index contributed by atoms with van der Waals surface area (Å²) < 4.78 is 17.3. The highest BCUT2D eigenvalue weighted by Crippen LogP contribution is 2.16. The molecule has 1 aromatic rings. The van der Waals surface area contributed by atoms with Crippen LogP contribution in [0.1, 0.15) is 10.4 Å². The van der Waals surface area contributed by atoms with Gasteiger partial charge in [0, 0.05) is 0 Å². The van der Waals surface area contributed by atoms with E-state index in [-0.39, 0.29) is 11.3 Å². The van der Waals surface area contributed by atoms with Crippen LogP contribution >= 0.6 is 0 Å². The number of hydrogen-bond acceptors (Lipinski definition) is 3. The highest BCUT2D eigenvalue weighted by atomic mass is 19.1. The van der Waals surface area contributed by atoms with Gasteiger partial charge < -0.3 is 9.84 Å². The summed E-state index contributed by atoms with van der Waals surface area (Å²) in [6.07, 6.45) is -0.864. The van der Waals surface area contributed by atoms with E-state index in [1.54, 1.807) is 0 Å². The monoisotopic (exact) mass is 213 g/mol. The van der Waals surface area contributed by atoms with Gasteiger partial charge >= 0.3 is 12.1 Å². The molecule has 0 aromatic heterocycles. The van der Waals surface area contributed by atoms with Crippen LogP contribution in [0.25, 0.3) is 0 Å². The van der Waals surface area contributed by atoms with Crippen LogP contribution in [0.5, 0.6) is 0 Å². The number of aromatic carboxylic acids is 1. The Balaban J connectivity index is 3.00. The van der Waals surface area contributed by atoms with Gasteiger partial charge in [0.1, 0.15) is 5.82 Å². The molecule has 0 atom stereocenters. The largest absolute Gasteiger partial charge is 0.478 e. The molecule has 80 valence electrons. The molecule has 0 aliphatic carbocycles. The summed E-state index contributed by atoms with van der Waals surface area (Å²) in [7, 11) is 1.12. The Morgan fingerprint density at radius 2 is 2.13 bits per heavy atom. The highest BCUT2D eigenvalue weighted by Gasteiger charge is 2.10. The average Bonchev–Trinajstić information content (AvgIpc) is 2.20. The number of rotatable bonds is 2. The van der Waals surface area contributed by atoms with Crippen LogP contribution in [0.3, 0.4) is 0 Å². The number of carbonyl (C=O) groups is 2. The molecule has 2 N–H and O–H groups in total. The molecule has 5 nitrogen and oxygen atoms in total. The van der Waals surface area contributed by atoms with E-state index in [1.165, 1.54) is 0 Å². The zero-order valence-electron chi connectivity index (χ0n) is 7.78. The van der Waals surface area contributed by atoms with Crippen molar-refractivity contribution in [2.45, 2.75) is 0 Å². The van der Waals surface area contributed by atoms with E-state index < -0.39 is 17.9 Å². The second-order valence-corrected chi connectivity index (χ2v) is 2.62. The summed E-state index contributed by atoms with van der Waals surface area (Å²) in [6.45, 7) is 0. The maximum Gasteiger partial charge on any atom is 0.411 e. The lowest BCUT2D eigenvalue weighted by Gasteiger charge is -2.05. The van der Waals surface area contributed by atoms with Crippen molar-refractivity contribution in [1.29, 1.82) is 0 Å². The smallest absolute Gasteiger partial charge is 0.411 e. The molecular formula is C9H8FNO4. The Morgan fingerprint density at radius 3 is 2.67 bits per heavy atom. The fourth-order valence-corrected chi connectivity index (χ4v) is 0.915. The van der Waals surface area contributed by atoms with E-state index in [0.717, 1.165) is 25.3 Å². The molecule has 0 heterocycles. The van der Waals surface area contributed by atoms with E-state index in [0.29, 0.717) is 0 Å². The molecule has 0 aliphatic rings. The number of ether oxygens (including phenoxy) is 1. The van der Waals surface area contributed by atoms with Crippen molar-refractivity contribution >= 4 is 17.7 Å². The van der Waals surface area contributed by atoms with Crippen LogP contribution in [0, 0.1) is 5.82 Å². The van der Waals surface area contributed by atoms with Crippen molar-refractivity contribution in [3.63, 3.8) is 0 Å². The molecule has 0 bridgehead atoms. The second-order valence-electron chi connectivity index (χ2n) is 2.62. The first kappa shape index (κ1) is 11.0. The summed E-state index contributed by atoms with van der Waals surface area (Å²) >= 11 is 0. The van der Waals surface area contributed by atoms with Gasteiger partial charge in [0.2, 0.25) is 0 Å². The SMILES string of the molecule is COC(=O)Nc1cc(C(=O)O)ccc1F. The third kappa shape index (κ3) is 2.67. The lowest BCUT2D eigenvalue weighted by Crippen LogP contribution is -2.12. The Morgan fingerprint density at radius 1 is 1.47 bits per heavy atom. The number of nitrogens with one attached hydrogen (secondary N) is 1. The van der Waals surface area contributed by atoms with Crippen LogP contribution < -0.4 is 5.32 Å². The van der Waals surface area contributed by atoms with Crippen LogP contribution in [0.4, 0.5) is 14.9 Å². The minimum absolute atomic E-state index is 0.122. The predicted molar refractivity (Wildman–Crippen MR) is 49.4 cm³/mol. The summed E-state index contributed by atoms with van der Waals surface area (Å²) in [6, 6.07) is 3.06. The fourth-order valence-electron chi connectivity index (χ4n) is 0.915. The molecule has 1 rings (SSSR count). The van der Waals surface area contributed by atoms with Gasteiger partial charge in [0.15, 0.2) is 0 Å². The molecule has 0 saturated carbocycles. The number of carboxylic acids is 1. The molecule has 6 heteroatoms. The molecule has 0 unspecified atom stereocenters. The maximum absolute atomic E-state index is 13.1. The lowest BCUT2D eigenvalue weighted by atomic mass is 10.2. The standard InChI is InChI=1S/C9H8FNO4/c1-15-9(14)11-7-4-5(8(12)13)2-3-6(7)10/h2-4H,1H3,(H,11,14)(H,12,13). The van der Waals surface area contributed by atoms with Crippen molar-refractivity contribution in [3.05, 3.63) is 29.6 Å². The summed E-state index contributed by atoms with van der Waals surface area (Å²) in [4.78, 5) is 21.3. The Bertz CT molecular complexity index is 405. The lowest BCUT2D eigenvalue weighted by molar-refractivity contribution is 0.0696. The third-order valence-electron chi connectivity index (χ3n) is 1.64. The summed E-state index contributed by atoms with van der Waals surface area (Å²) in [5.41, 5.74) is -0.357. The predicted octanol–water partition coefficient (Wildman–Crippen LogP) is 1.70. The van der Waals surface area contributed by atoms with Crippen molar-refractivity contribution in [1.82, 2.24) is 0 Å². The molecular weight excluding hydrogens is 205 g/mol. The Labute approximate surface area is 84.5 Å². The van der Waals surface area contributed by atoms with Crippen LogP contribution in [-0.2, 0) is 4.74 Å². The zero-order chi connectivity index (χ0) is 11.4. The quantitative estimate of drug-likeness (QED) is 0.783. The highest BCUT2D eigenvalue weighted by molar-refractivity contribution is 5.91. The van der Waals surface area contributed by atoms with E-state index in [4.69, 9.17) is 5.11 Å². The minimum atomic E-state index is -1.21. The van der Waals surface area contributed by atoms with E-state index in [9.17, 15) is 14.0 Å². The van der Waals surface area contributed by atoms with Crippen molar-refractivity contribution in [2.75, 3.05) is 12.4 Å². The van der Waals surface area contributed by atoms with E-state index in [2.05, 4.69) is 10.1 Å². The molecule has 1 amide bonds. The van der Waals surface area contributed by atoms with Crippen LogP contribution in [0.15, 0.2) is 18.2 Å². The molecule has 1 aromatic carbocycles. The first-order valence-electron chi connectivity index (χ1n) is 3.92. The van der Waals surface area contributed by atoms with Crippen LogP contribution in [-0.4, -0.2) is 24.3 Å². The first-order chi connectivity index (χ1) is 7.04. The van der Waals surface area contributed by atoms with Gasteiger partial charge in [-0.3, -0.25) is 5.32 Å². The van der Waals surface area contributed by atoms with Crippen molar-refractivity contribution < 1.29 is 23.8 Å². The van der Waals surface area contributed by atoms with Crippen LogP contribution in [0.2, 0.25) is 0 Å².